The lowest BCUT2D eigenvalue weighted by atomic mass is 9.84. The van der Waals surface area contributed by atoms with Crippen molar-refractivity contribution in [2.24, 2.45) is 5.92 Å². The molecular formula is C22H30N4O. The van der Waals surface area contributed by atoms with Gasteiger partial charge in [-0.1, -0.05) is 25.1 Å². The number of carbonyl (C=O) groups excluding carboxylic acids is 1. The van der Waals surface area contributed by atoms with Crippen LogP contribution in [0, 0.1) is 5.92 Å². The molecule has 1 N–H and O–H groups in total. The zero-order chi connectivity index (χ0) is 18.8. The summed E-state index contributed by atoms with van der Waals surface area (Å²) in [7, 11) is 2.15. The van der Waals surface area contributed by atoms with Crippen molar-refractivity contribution < 1.29 is 4.79 Å². The fourth-order valence-electron chi connectivity index (χ4n) is 4.64. The van der Waals surface area contributed by atoms with Crippen LogP contribution in [0.3, 0.4) is 0 Å². The minimum absolute atomic E-state index is 0.111. The summed E-state index contributed by atoms with van der Waals surface area (Å²) in [4.78, 5) is 21.8. The Morgan fingerprint density at radius 3 is 2.78 bits per heavy atom. The van der Waals surface area contributed by atoms with Gasteiger partial charge in [0.1, 0.15) is 0 Å². The summed E-state index contributed by atoms with van der Waals surface area (Å²) in [5, 5.41) is 4.50. The van der Waals surface area contributed by atoms with E-state index >= 15 is 0 Å². The Kier molecular flexibility index (Phi) is 5.30. The number of hydrogen-bond acceptors (Lipinski definition) is 3. The second-order valence-electron chi connectivity index (χ2n) is 8.39. The highest BCUT2D eigenvalue weighted by Crippen LogP contribution is 2.33. The van der Waals surface area contributed by atoms with Crippen LogP contribution < -0.4 is 5.32 Å². The first-order valence-corrected chi connectivity index (χ1v) is 10.2. The van der Waals surface area contributed by atoms with Gasteiger partial charge in [-0.3, -0.25) is 4.98 Å². The lowest BCUT2D eigenvalue weighted by Gasteiger charge is -2.38. The van der Waals surface area contributed by atoms with Crippen molar-refractivity contribution in [1.29, 1.82) is 0 Å². The van der Waals surface area contributed by atoms with E-state index in [1.54, 1.807) is 0 Å². The Morgan fingerprint density at radius 1 is 1.15 bits per heavy atom. The zero-order valence-electron chi connectivity index (χ0n) is 16.4. The summed E-state index contributed by atoms with van der Waals surface area (Å²) in [6.45, 7) is 6.01. The van der Waals surface area contributed by atoms with Crippen LogP contribution in [0.1, 0.15) is 37.7 Å². The van der Waals surface area contributed by atoms with Gasteiger partial charge in [-0.15, -0.1) is 0 Å². The Morgan fingerprint density at radius 2 is 1.96 bits per heavy atom. The number of nitrogens with zero attached hydrogens (tertiary/aromatic N) is 3. The topological polar surface area (TPSA) is 48.5 Å². The minimum atomic E-state index is 0.111. The van der Waals surface area contributed by atoms with Gasteiger partial charge in [0.2, 0.25) is 0 Å². The summed E-state index contributed by atoms with van der Waals surface area (Å²) in [5.74, 6) is 0.865. The monoisotopic (exact) mass is 366 g/mol. The molecule has 2 atom stereocenters. The molecule has 27 heavy (non-hydrogen) atoms. The number of benzene rings is 1. The highest BCUT2D eigenvalue weighted by molar-refractivity contribution is 5.83. The molecule has 5 heteroatoms. The molecule has 1 aromatic carbocycles. The van der Waals surface area contributed by atoms with E-state index in [0.717, 1.165) is 51.0 Å². The van der Waals surface area contributed by atoms with Gasteiger partial charge in [0.25, 0.3) is 0 Å². The van der Waals surface area contributed by atoms with Crippen molar-refractivity contribution in [1.82, 2.24) is 20.1 Å². The van der Waals surface area contributed by atoms with Gasteiger partial charge in [-0.25, -0.2) is 4.79 Å². The maximum Gasteiger partial charge on any atom is 0.317 e. The number of amides is 2. The van der Waals surface area contributed by atoms with E-state index in [9.17, 15) is 4.79 Å². The number of aromatic nitrogens is 1. The first-order chi connectivity index (χ1) is 13.1. The van der Waals surface area contributed by atoms with Crippen molar-refractivity contribution in [3.63, 3.8) is 0 Å². The molecule has 144 valence electrons. The SMILES string of the molecule is CC1CC(c2cccc3ncccc23)CN(C(=O)NC2CCN(C)CC2)C1. The molecule has 4 rings (SSSR count). The smallest absolute Gasteiger partial charge is 0.317 e. The Hall–Kier alpha value is -2.14. The third-order valence-corrected chi connectivity index (χ3v) is 6.11. The largest absolute Gasteiger partial charge is 0.335 e. The molecule has 2 unspecified atom stereocenters. The molecule has 0 saturated carbocycles. The van der Waals surface area contributed by atoms with Gasteiger partial charge in [0, 0.05) is 36.6 Å². The van der Waals surface area contributed by atoms with Crippen molar-refractivity contribution in [2.75, 3.05) is 33.2 Å². The summed E-state index contributed by atoms with van der Waals surface area (Å²) < 4.78 is 0. The van der Waals surface area contributed by atoms with Crippen molar-refractivity contribution in [3.05, 3.63) is 42.1 Å². The minimum Gasteiger partial charge on any atom is -0.335 e. The molecule has 2 aliphatic heterocycles. The molecule has 0 bridgehead atoms. The van der Waals surface area contributed by atoms with Crippen LogP contribution in [0.25, 0.3) is 10.9 Å². The maximum absolute atomic E-state index is 12.9. The zero-order valence-corrected chi connectivity index (χ0v) is 16.4. The van der Waals surface area contributed by atoms with Crippen molar-refractivity contribution in [3.8, 4) is 0 Å². The highest BCUT2D eigenvalue weighted by atomic mass is 16.2. The number of carbonyl (C=O) groups is 1. The van der Waals surface area contributed by atoms with E-state index in [-0.39, 0.29) is 6.03 Å². The predicted molar refractivity (Wildman–Crippen MR) is 109 cm³/mol. The number of pyridine rings is 1. The summed E-state index contributed by atoms with van der Waals surface area (Å²) in [6, 6.07) is 10.9. The van der Waals surface area contributed by atoms with Gasteiger partial charge < -0.3 is 15.1 Å². The number of rotatable bonds is 2. The fraction of sp³-hybridized carbons (Fsp3) is 0.545. The van der Waals surface area contributed by atoms with Crippen LogP contribution >= 0.6 is 0 Å². The normalized spacial score (nSPS) is 24.9. The van der Waals surface area contributed by atoms with Gasteiger partial charge in [0.05, 0.1) is 5.52 Å². The number of fused-ring (bicyclic) bond motifs is 1. The van der Waals surface area contributed by atoms with Crippen LogP contribution in [0.5, 0.6) is 0 Å². The molecule has 2 aromatic rings. The van der Waals surface area contributed by atoms with Gasteiger partial charge in [-0.05, 0) is 63.0 Å². The molecule has 1 aromatic heterocycles. The molecule has 5 nitrogen and oxygen atoms in total. The summed E-state index contributed by atoms with van der Waals surface area (Å²) >= 11 is 0. The lowest BCUT2D eigenvalue weighted by molar-refractivity contribution is 0.150. The second kappa shape index (κ2) is 7.85. The van der Waals surface area contributed by atoms with Gasteiger partial charge >= 0.3 is 6.03 Å². The van der Waals surface area contributed by atoms with Crippen LogP contribution in [0.4, 0.5) is 4.79 Å². The van der Waals surface area contributed by atoms with E-state index in [2.05, 4.69) is 53.4 Å². The molecule has 2 aliphatic rings. The molecular weight excluding hydrogens is 336 g/mol. The van der Waals surface area contributed by atoms with Gasteiger partial charge in [-0.2, -0.15) is 0 Å². The molecule has 0 aliphatic carbocycles. The molecule has 3 heterocycles. The van der Waals surface area contributed by atoms with E-state index in [4.69, 9.17) is 0 Å². The number of hydrogen-bond donors (Lipinski definition) is 1. The number of urea groups is 1. The number of nitrogens with one attached hydrogen (secondary N) is 1. The molecule has 2 amide bonds. The fourth-order valence-corrected chi connectivity index (χ4v) is 4.64. The van der Waals surface area contributed by atoms with Crippen molar-refractivity contribution >= 4 is 16.9 Å². The van der Waals surface area contributed by atoms with Crippen molar-refractivity contribution in [2.45, 2.75) is 38.1 Å². The Balaban J connectivity index is 1.48. The average molecular weight is 367 g/mol. The highest BCUT2D eigenvalue weighted by Gasteiger charge is 2.31. The molecule has 0 spiro atoms. The Bertz CT molecular complexity index is 795. The third kappa shape index (κ3) is 4.08. The second-order valence-corrected chi connectivity index (χ2v) is 8.39. The third-order valence-electron chi connectivity index (χ3n) is 6.11. The summed E-state index contributed by atoms with van der Waals surface area (Å²) in [5.41, 5.74) is 2.36. The Labute approximate surface area is 161 Å². The first kappa shape index (κ1) is 18.2. The quantitative estimate of drug-likeness (QED) is 0.885. The lowest BCUT2D eigenvalue weighted by Crippen LogP contribution is -2.52. The first-order valence-electron chi connectivity index (χ1n) is 10.2. The molecule has 2 saturated heterocycles. The van der Waals surface area contributed by atoms with Crippen LogP contribution in [0.15, 0.2) is 36.5 Å². The van der Waals surface area contributed by atoms with Gasteiger partial charge in [0.15, 0.2) is 0 Å². The van der Waals surface area contributed by atoms with Crippen LogP contribution in [-0.2, 0) is 0 Å². The van der Waals surface area contributed by atoms with Crippen LogP contribution in [0.2, 0.25) is 0 Å². The van der Waals surface area contributed by atoms with E-state index in [0.29, 0.717) is 17.9 Å². The summed E-state index contributed by atoms with van der Waals surface area (Å²) in [6.07, 6.45) is 5.05. The van der Waals surface area contributed by atoms with E-state index < -0.39 is 0 Å². The van der Waals surface area contributed by atoms with E-state index in [1.807, 2.05) is 17.2 Å². The number of likely N-dealkylation sites (tertiary alicyclic amines) is 2. The maximum atomic E-state index is 12.9. The average Bonchev–Trinajstić information content (AvgIpc) is 2.69. The predicted octanol–water partition coefficient (Wildman–Crippen LogP) is 3.46. The standard InChI is InChI=1S/C22H30N4O/c1-16-13-17(19-5-3-7-21-20(19)6-4-10-23-21)15-26(14-16)22(27)24-18-8-11-25(2)12-9-18/h3-7,10,16-18H,8-9,11-15H2,1-2H3,(H,24,27). The van der Waals surface area contributed by atoms with Crippen LogP contribution in [-0.4, -0.2) is 60.1 Å². The number of piperidine rings is 2. The molecule has 0 radical (unpaired) electrons. The van der Waals surface area contributed by atoms with E-state index in [1.165, 1.54) is 10.9 Å². The molecule has 2 fully saturated rings.